The average Bonchev–Trinajstić information content (AvgIpc) is 3.43. The van der Waals surface area contributed by atoms with Crippen LogP contribution in [0.1, 0.15) is 46.9 Å². The van der Waals surface area contributed by atoms with Crippen LogP contribution in [0.5, 0.6) is 0 Å². The Hall–Kier alpha value is -4.45. The van der Waals surface area contributed by atoms with Gasteiger partial charge in [0.15, 0.2) is 0 Å². The van der Waals surface area contributed by atoms with Crippen LogP contribution in [-0.2, 0) is 21.4 Å². The first-order valence-corrected chi connectivity index (χ1v) is 12.9. The molecule has 1 aromatic heterocycles. The third kappa shape index (κ3) is 3.93. The van der Waals surface area contributed by atoms with Gasteiger partial charge in [0.1, 0.15) is 17.8 Å². The van der Waals surface area contributed by atoms with Gasteiger partial charge < -0.3 is 15.1 Å². The smallest absolute Gasteiger partial charge is 0.274 e. The molecule has 3 aromatic rings. The van der Waals surface area contributed by atoms with Crippen LogP contribution in [0, 0.1) is 11.3 Å². The molecule has 0 bridgehead atoms. The number of nitriles is 1. The van der Waals surface area contributed by atoms with Crippen LogP contribution in [0.3, 0.4) is 0 Å². The topological polar surface area (TPSA) is 111 Å². The number of hydrogen-bond acceptors (Lipinski definition) is 5. The molecule has 2 fully saturated rings. The Bertz CT molecular complexity index is 1460. The number of amides is 3. The second kappa shape index (κ2) is 9.14. The Labute approximate surface area is 220 Å². The minimum atomic E-state index is -0.991. The number of fused-ring (bicyclic) bond motifs is 2. The first-order valence-electron chi connectivity index (χ1n) is 12.9. The maximum Gasteiger partial charge on any atom is 0.274 e. The molecule has 9 nitrogen and oxygen atoms in total. The minimum absolute atomic E-state index is 0.0799. The van der Waals surface area contributed by atoms with Crippen molar-refractivity contribution in [1.82, 2.24) is 19.6 Å². The van der Waals surface area contributed by atoms with Crippen molar-refractivity contribution < 1.29 is 14.4 Å². The number of likely N-dealkylation sites (tertiary alicyclic amines) is 1. The summed E-state index contributed by atoms with van der Waals surface area (Å²) in [6.45, 7) is 0.0799. The summed E-state index contributed by atoms with van der Waals surface area (Å²) in [5.41, 5.74) is 1.69. The van der Waals surface area contributed by atoms with Gasteiger partial charge in [-0.15, -0.1) is 0 Å². The van der Waals surface area contributed by atoms with Crippen LogP contribution in [0.15, 0.2) is 66.9 Å². The standard InChI is InChI=1S/C29H28N6O3/c1-33(26(36)24-13-14-35(32-24)20-11-12-20)25(15-19-7-3-2-4-8-19)27(37)34-18-29(16-21(34)17-30)22-9-5-6-10-23(22)31-28(29)38/h2-10,13-14,20-21,25H,11-12,15-16,18H2,1H3,(H,31,38)/t21-,25-,29-/m0/s1. The zero-order chi connectivity index (χ0) is 26.4. The maximum absolute atomic E-state index is 14.2. The first kappa shape index (κ1) is 23.9. The monoisotopic (exact) mass is 508 g/mol. The van der Waals surface area contributed by atoms with Crippen molar-refractivity contribution in [3.63, 3.8) is 0 Å². The van der Waals surface area contributed by atoms with Crippen LogP contribution in [0.4, 0.5) is 5.69 Å². The number of rotatable bonds is 6. The highest BCUT2D eigenvalue weighted by Gasteiger charge is 2.56. The summed E-state index contributed by atoms with van der Waals surface area (Å²) >= 11 is 0. The van der Waals surface area contributed by atoms with E-state index in [4.69, 9.17) is 0 Å². The first-order chi connectivity index (χ1) is 18.4. The van der Waals surface area contributed by atoms with E-state index < -0.39 is 17.5 Å². The molecule has 1 aliphatic carbocycles. The summed E-state index contributed by atoms with van der Waals surface area (Å²) in [6.07, 6.45) is 4.38. The van der Waals surface area contributed by atoms with E-state index in [9.17, 15) is 19.6 Å². The molecular formula is C29H28N6O3. The molecule has 0 unspecified atom stereocenters. The maximum atomic E-state index is 14.2. The van der Waals surface area contributed by atoms with Crippen molar-refractivity contribution in [1.29, 1.82) is 5.26 Å². The predicted octanol–water partition coefficient (Wildman–Crippen LogP) is 2.92. The van der Waals surface area contributed by atoms with Gasteiger partial charge in [-0.2, -0.15) is 10.4 Å². The fourth-order valence-electron chi connectivity index (χ4n) is 5.72. The number of hydrogen-bond donors (Lipinski definition) is 1. The number of likely N-dealkylation sites (N-methyl/N-ethyl adjacent to an activating group) is 1. The van der Waals surface area contributed by atoms with Crippen molar-refractivity contribution in [2.45, 2.75) is 49.2 Å². The molecular weight excluding hydrogens is 480 g/mol. The summed E-state index contributed by atoms with van der Waals surface area (Å²) in [5.74, 6) is -0.916. The third-order valence-electron chi connectivity index (χ3n) is 8.01. The summed E-state index contributed by atoms with van der Waals surface area (Å²) in [6, 6.07) is 19.5. The lowest BCUT2D eigenvalue weighted by Gasteiger charge is -2.32. The number of aromatic nitrogens is 2. The second-order valence-corrected chi connectivity index (χ2v) is 10.4. The molecule has 3 heterocycles. The molecule has 1 N–H and O–H groups in total. The van der Waals surface area contributed by atoms with Crippen LogP contribution in [0.25, 0.3) is 0 Å². The second-order valence-electron chi connectivity index (χ2n) is 10.4. The predicted molar refractivity (Wildman–Crippen MR) is 139 cm³/mol. The van der Waals surface area contributed by atoms with E-state index in [1.165, 1.54) is 9.80 Å². The number of carbonyl (C=O) groups excluding carboxylic acids is 3. The highest BCUT2D eigenvalue weighted by molar-refractivity contribution is 6.07. The van der Waals surface area contributed by atoms with Crippen molar-refractivity contribution in [2.75, 3.05) is 18.9 Å². The molecule has 38 heavy (non-hydrogen) atoms. The zero-order valence-corrected chi connectivity index (χ0v) is 21.1. The molecule has 2 aromatic carbocycles. The molecule has 0 radical (unpaired) electrons. The molecule has 6 rings (SSSR count). The number of nitrogens with zero attached hydrogens (tertiary/aromatic N) is 5. The van der Waals surface area contributed by atoms with Crippen LogP contribution >= 0.6 is 0 Å². The fourth-order valence-corrected chi connectivity index (χ4v) is 5.72. The summed E-state index contributed by atoms with van der Waals surface area (Å²) in [4.78, 5) is 43.8. The largest absolute Gasteiger partial charge is 0.328 e. The lowest BCUT2D eigenvalue weighted by atomic mass is 9.80. The molecule has 1 spiro atoms. The van der Waals surface area contributed by atoms with E-state index in [2.05, 4.69) is 16.5 Å². The van der Waals surface area contributed by atoms with Gasteiger partial charge in [0.25, 0.3) is 5.91 Å². The molecule has 2 aliphatic heterocycles. The van der Waals surface area contributed by atoms with Crippen molar-refractivity contribution in [3.05, 3.63) is 83.7 Å². The Morgan fingerprint density at radius 1 is 1.16 bits per heavy atom. The summed E-state index contributed by atoms with van der Waals surface area (Å²) in [7, 11) is 1.61. The Kier molecular flexibility index (Phi) is 5.75. The molecule has 3 atom stereocenters. The van der Waals surface area contributed by atoms with Gasteiger partial charge in [0, 0.05) is 38.3 Å². The molecule has 1 saturated carbocycles. The SMILES string of the molecule is CN(C(=O)c1ccn(C2CC2)n1)[C@@H](Cc1ccccc1)C(=O)N1C[C@]2(C[C@H]1C#N)C(=O)Nc1ccccc12. The van der Waals surface area contributed by atoms with Gasteiger partial charge in [-0.3, -0.25) is 19.1 Å². The number of anilines is 1. The van der Waals surface area contributed by atoms with Crippen LogP contribution < -0.4 is 5.32 Å². The molecule has 9 heteroatoms. The third-order valence-corrected chi connectivity index (χ3v) is 8.01. The highest BCUT2D eigenvalue weighted by atomic mass is 16.2. The van der Waals surface area contributed by atoms with E-state index >= 15 is 0 Å². The number of benzene rings is 2. The Morgan fingerprint density at radius 2 is 1.89 bits per heavy atom. The molecule has 3 amide bonds. The molecule has 192 valence electrons. The number of carbonyl (C=O) groups is 3. The zero-order valence-electron chi connectivity index (χ0n) is 21.1. The van der Waals surface area contributed by atoms with Crippen LogP contribution in [0.2, 0.25) is 0 Å². The van der Waals surface area contributed by atoms with Crippen molar-refractivity contribution in [2.24, 2.45) is 0 Å². The highest BCUT2D eigenvalue weighted by Crippen LogP contribution is 2.46. The minimum Gasteiger partial charge on any atom is -0.328 e. The van der Waals surface area contributed by atoms with Gasteiger partial charge in [0.05, 0.1) is 17.5 Å². The number of para-hydroxylation sites is 1. The van der Waals surface area contributed by atoms with E-state index in [0.717, 1.165) is 24.0 Å². The van der Waals surface area contributed by atoms with E-state index in [1.807, 2.05) is 54.6 Å². The normalized spacial score (nSPS) is 22.6. The van der Waals surface area contributed by atoms with Crippen molar-refractivity contribution in [3.8, 4) is 6.07 Å². The quantitative estimate of drug-likeness (QED) is 0.550. The average molecular weight is 509 g/mol. The molecule has 3 aliphatic rings. The lowest BCUT2D eigenvalue weighted by Crippen LogP contribution is -2.52. The van der Waals surface area contributed by atoms with Gasteiger partial charge in [-0.25, -0.2) is 0 Å². The van der Waals surface area contributed by atoms with Gasteiger partial charge in [0.2, 0.25) is 11.8 Å². The fraction of sp³-hybridized carbons (Fsp3) is 0.345. The van der Waals surface area contributed by atoms with Gasteiger partial charge in [-0.05, 0) is 36.1 Å². The summed E-state index contributed by atoms with van der Waals surface area (Å²) in [5, 5.41) is 17.4. The summed E-state index contributed by atoms with van der Waals surface area (Å²) < 4.78 is 1.81. The number of nitrogens with one attached hydrogen (secondary N) is 1. The van der Waals surface area contributed by atoms with Crippen LogP contribution in [-0.4, -0.2) is 63.0 Å². The van der Waals surface area contributed by atoms with Crippen molar-refractivity contribution >= 4 is 23.4 Å². The van der Waals surface area contributed by atoms with E-state index in [-0.39, 0.29) is 42.8 Å². The Balaban J connectivity index is 1.32. The Morgan fingerprint density at radius 3 is 2.63 bits per heavy atom. The molecule has 1 saturated heterocycles. The van der Waals surface area contributed by atoms with Gasteiger partial charge >= 0.3 is 0 Å². The van der Waals surface area contributed by atoms with E-state index in [0.29, 0.717) is 11.7 Å². The van der Waals surface area contributed by atoms with E-state index in [1.54, 1.807) is 24.0 Å². The lowest BCUT2D eigenvalue weighted by molar-refractivity contribution is -0.136. The van der Waals surface area contributed by atoms with Gasteiger partial charge in [-0.1, -0.05) is 48.5 Å².